The van der Waals surface area contributed by atoms with Crippen molar-refractivity contribution in [3.63, 3.8) is 0 Å². The lowest BCUT2D eigenvalue weighted by atomic mass is 9.82. The quantitative estimate of drug-likeness (QED) is 0.501. The number of halogens is 1. The summed E-state index contributed by atoms with van der Waals surface area (Å²) in [5, 5.41) is 10.5. The van der Waals surface area contributed by atoms with Gasteiger partial charge in [0.1, 0.15) is 0 Å². The molecule has 0 spiro atoms. The molecule has 3 atom stereocenters. The number of nitrogens with zero attached hydrogens (tertiary/aromatic N) is 1. The number of hydrogen-bond acceptors (Lipinski definition) is 3. The summed E-state index contributed by atoms with van der Waals surface area (Å²) in [6, 6.07) is 12.0. The molecular weight excluding hydrogens is 458 g/mol. The molecule has 5 nitrogen and oxygen atoms in total. The third-order valence-electron chi connectivity index (χ3n) is 5.79. The van der Waals surface area contributed by atoms with Gasteiger partial charge in [-0.15, -0.1) is 0 Å². The van der Waals surface area contributed by atoms with Crippen molar-refractivity contribution < 1.29 is 18.3 Å². The Morgan fingerprint density at radius 1 is 1.12 bits per heavy atom. The Labute approximate surface area is 203 Å². The van der Waals surface area contributed by atoms with Crippen LogP contribution in [-0.4, -0.2) is 29.8 Å². The van der Waals surface area contributed by atoms with Crippen LogP contribution in [0.1, 0.15) is 58.7 Å². The minimum absolute atomic E-state index is 0. The van der Waals surface area contributed by atoms with Crippen LogP contribution in [0.5, 0.6) is 0 Å². The van der Waals surface area contributed by atoms with Crippen LogP contribution in [0.3, 0.4) is 0 Å². The highest BCUT2D eigenvalue weighted by atomic mass is 35.5. The molecule has 0 fully saturated rings. The SMILES string of the molecule is C.Cc1ccccc1S(=O)(=O)N1[C@@H](c2ccc(Cl)cc2)C(C(=O)O)=C[C@H]1C(C)CC(C)(C)C. The highest BCUT2D eigenvalue weighted by Crippen LogP contribution is 2.45. The van der Waals surface area contributed by atoms with E-state index in [4.69, 9.17) is 11.6 Å². The van der Waals surface area contributed by atoms with Gasteiger partial charge in [-0.05, 0) is 54.0 Å². The molecule has 2 aromatic carbocycles. The van der Waals surface area contributed by atoms with Crippen LogP contribution < -0.4 is 0 Å². The summed E-state index contributed by atoms with van der Waals surface area (Å²) >= 11 is 6.05. The summed E-state index contributed by atoms with van der Waals surface area (Å²) in [7, 11) is -4.01. The van der Waals surface area contributed by atoms with Crippen LogP contribution in [-0.2, 0) is 14.8 Å². The van der Waals surface area contributed by atoms with Gasteiger partial charge in [0.25, 0.3) is 0 Å². The molecule has 0 saturated carbocycles. The van der Waals surface area contributed by atoms with Crippen LogP contribution in [0.25, 0.3) is 0 Å². The summed E-state index contributed by atoms with van der Waals surface area (Å²) in [5.41, 5.74) is 1.21. The zero-order valence-electron chi connectivity index (χ0n) is 19.0. The Bertz CT molecular complexity index is 1130. The molecule has 0 bridgehead atoms. The van der Waals surface area contributed by atoms with E-state index in [1.807, 2.05) is 6.92 Å². The number of rotatable bonds is 6. The lowest BCUT2D eigenvalue weighted by Gasteiger charge is -2.36. The van der Waals surface area contributed by atoms with Gasteiger partial charge in [-0.25, -0.2) is 13.2 Å². The predicted molar refractivity (Wildman–Crippen MR) is 134 cm³/mol. The van der Waals surface area contributed by atoms with Crippen molar-refractivity contribution in [2.45, 2.75) is 65.4 Å². The monoisotopic (exact) mass is 491 g/mol. The summed E-state index contributed by atoms with van der Waals surface area (Å²) in [6.07, 6.45) is 2.35. The fourth-order valence-corrected chi connectivity index (χ4v) is 6.76. The summed E-state index contributed by atoms with van der Waals surface area (Å²) < 4.78 is 29.4. The maximum Gasteiger partial charge on any atom is 0.333 e. The third kappa shape index (κ3) is 5.68. The van der Waals surface area contributed by atoms with Crippen LogP contribution in [0.4, 0.5) is 0 Å². The number of benzene rings is 2. The molecule has 1 unspecified atom stereocenters. The Morgan fingerprint density at radius 3 is 2.21 bits per heavy atom. The lowest BCUT2D eigenvalue weighted by Crippen LogP contribution is -2.43. The largest absolute Gasteiger partial charge is 0.478 e. The third-order valence-corrected chi connectivity index (χ3v) is 8.07. The molecular formula is C26H34ClNO4S. The molecule has 0 radical (unpaired) electrons. The van der Waals surface area contributed by atoms with Crippen molar-refractivity contribution in [1.29, 1.82) is 0 Å². The summed E-state index contributed by atoms with van der Waals surface area (Å²) in [6.45, 7) is 10.0. The number of hydrogen-bond donors (Lipinski definition) is 1. The second kappa shape index (κ2) is 10.00. The molecule has 1 aliphatic rings. The number of sulfonamides is 1. The van der Waals surface area contributed by atoms with E-state index in [2.05, 4.69) is 20.8 Å². The normalized spacial score (nSPS) is 20.1. The maximum atomic E-state index is 14.0. The van der Waals surface area contributed by atoms with E-state index in [1.54, 1.807) is 61.5 Å². The predicted octanol–water partition coefficient (Wildman–Crippen LogP) is 6.48. The molecule has 180 valence electrons. The fourth-order valence-electron chi connectivity index (χ4n) is 4.58. The zero-order valence-corrected chi connectivity index (χ0v) is 20.6. The summed E-state index contributed by atoms with van der Waals surface area (Å²) in [5.74, 6) is -1.22. The molecule has 7 heteroatoms. The molecule has 0 amide bonds. The Morgan fingerprint density at radius 2 is 1.70 bits per heavy atom. The van der Waals surface area contributed by atoms with Crippen molar-refractivity contribution >= 4 is 27.6 Å². The van der Waals surface area contributed by atoms with E-state index in [0.717, 1.165) is 6.42 Å². The van der Waals surface area contributed by atoms with Crippen LogP contribution in [0.15, 0.2) is 65.1 Å². The first-order valence-electron chi connectivity index (χ1n) is 10.6. The molecule has 3 rings (SSSR count). The molecule has 1 aliphatic heterocycles. The van der Waals surface area contributed by atoms with E-state index in [9.17, 15) is 18.3 Å². The van der Waals surface area contributed by atoms with Gasteiger partial charge in [-0.3, -0.25) is 0 Å². The van der Waals surface area contributed by atoms with E-state index in [0.29, 0.717) is 16.1 Å². The zero-order chi connectivity index (χ0) is 23.8. The molecule has 33 heavy (non-hydrogen) atoms. The molecule has 0 aliphatic carbocycles. The first kappa shape index (κ1) is 27.1. The van der Waals surface area contributed by atoms with Gasteiger partial charge in [0.05, 0.1) is 16.5 Å². The molecule has 1 N–H and O–H groups in total. The Balaban J connectivity index is 0.00000385. The highest BCUT2D eigenvalue weighted by molar-refractivity contribution is 7.89. The first-order valence-corrected chi connectivity index (χ1v) is 12.4. The second-order valence-corrected chi connectivity index (χ2v) is 12.0. The Kier molecular flexibility index (Phi) is 8.21. The molecule has 2 aromatic rings. The summed E-state index contributed by atoms with van der Waals surface area (Å²) in [4.78, 5) is 12.5. The van der Waals surface area contributed by atoms with Gasteiger partial charge in [0, 0.05) is 11.1 Å². The molecule has 0 saturated heterocycles. The van der Waals surface area contributed by atoms with Gasteiger partial charge in [0.15, 0.2) is 0 Å². The second-order valence-electron chi connectivity index (χ2n) is 9.71. The Hall–Kier alpha value is -2.15. The van der Waals surface area contributed by atoms with Crippen LogP contribution >= 0.6 is 11.6 Å². The van der Waals surface area contributed by atoms with Gasteiger partial charge in [-0.2, -0.15) is 4.31 Å². The number of carboxylic acids is 1. The van der Waals surface area contributed by atoms with E-state index in [-0.39, 0.29) is 29.2 Å². The number of aryl methyl sites for hydroxylation is 1. The van der Waals surface area contributed by atoms with Crippen molar-refractivity contribution in [2.24, 2.45) is 11.3 Å². The van der Waals surface area contributed by atoms with Crippen molar-refractivity contribution in [3.8, 4) is 0 Å². The van der Waals surface area contributed by atoms with Crippen molar-refractivity contribution in [2.75, 3.05) is 0 Å². The van der Waals surface area contributed by atoms with Gasteiger partial charge >= 0.3 is 5.97 Å². The van der Waals surface area contributed by atoms with E-state index >= 15 is 0 Å². The van der Waals surface area contributed by atoms with Gasteiger partial charge in [0.2, 0.25) is 10.0 Å². The first-order chi connectivity index (χ1) is 14.8. The van der Waals surface area contributed by atoms with Crippen molar-refractivity contribution in [3.05, 3.63) is 76.3 Å². The lowest BCUT2D eigenvalue weighted by molar-refractivity contribution is -0.133. The van der Waals surface area contributed by atoms with Gasteiger partial charge in [-0.1, -0.05) is 83.1 Å². The topological polar surface area (TPSA) is 74.7 Å². The maximum absolute atomic E-state index is 14.0. The minimum Gasteiger partial charge on any atom is -0.478 e. The number of carboxylic acid groups (broad SMARTS) is 1. The molecule has 1 heterocycles. The number of carbonyl (C=O) groups is 1. The fraction of sp³-hybridized carbons (Fsp3) is 0.423. The van der Waals surface area contributed by atoms with Crippen LogP contribution in [0, 0.1) is 18.3 Å². The molecule has 0 aromatic heterocycles. The average Bonchev–Trinajstić information content (AvgIpc) is 3.09. The van der Waals surface area contributed by atoms with E-state index < -0.39 is 28.1 Å². The smallest absolute Gasteiger partial charge is 0.333 e. The van der Waals surface area contributed by atoms with Crippen LogP contribution in [0.2, 0.25) is 5.02 Å². The minimum atomic E-state index is -4.01. The average molecular weight is 492 g/mol. The van der Waals surface area contributed by atoms with Gasteiger partial charge < -0.3 is 5.11 Å². The number of aliphatic carboxylic acids is 1. The highest BCUT2D eigenvalue weighted by Gasteiger charge is 2.48. The standard InChI is InChI=1S/C25H30ClNO4S.CH4/c1-16-8-6-7-9-22(16)32(30,31)27-21(17(2)15-25(3,4)5)14-20(24(28)29)23(27)18-10-12-19(26)13-11-18;/h6-14,17,21,23H,15H2,1-5H3,(H,28,29);1H4/t17?,21-,23-;/m0./s1. The van der Waals surface area contributed by atoms with E-state index in [1.165, 1.54) is 4.31 Å². The van der Waals surface area contributed by atoms with Crippen molar-refractivity contribution in [1.82, 2.24) is 4.31 Å².